The van der Waals surface area contributed by atoms with Crippen molar-refractivity contribution in [1.29, 1.82) is 0 Å². The lowest BCUT2D eigenvalue weighted by atomic mass is 10.3. The highest BCUT2D eigenvalue weighted by atomic mass is 79.9. The van der Waals surface area contributed by atoms with Crippen LogP contribution in [0.3, 0.4) is 0 Å². The first-order valence-corrected chi connectivity index (χ1v) is 3.85. The first-order valence-electron chi connectivity index (χ1n) is 3.05. The summed E-state index contributed by atoms with van der Waals surface area (Å²) in [6, 6.07) is 0. The molecule has 5 heteroatoms. The van der Waals surface area contributed by atoms with Crippen molar-refractivity contribution in [2.24, 2.45) is 5.73 Å². The number of hydrogen-bond donors (Lipinski definition) is 1. The smallest absolute Gasteiger partial charge is 0.171 e. The third-order valence-electron chi connectivity index (χ3n) is 1.13. The molecule has 60 valence electrons. The van der Waals surface area contributed by atoms with E-state index < -0.39 is 6.17 Å². The minimum atomic E-state index is -1.26. The molecular weight excluding hydrogens is 213 g/mol. The summed E-state index contributed by atoms with van der Waals surface area (Å²) < 4.78 is 13.5. The zero-order valence-electron chi connectivity index (χ0n) is 5.67. The lowest BCUT2D eigenvalue weighted by molar-refractivity contribution is 0.336. The van der Waals surface area contributed by atoms with E-state index in [2.05, 4.69) is 25.9 Å². The molecule has 1 unspecified atom stereocenters. The Labute approximate surface area is 72.0 Å². The maximum absolute atomic E-state index is 12.7. The number of nitrogens with zero attached hydrogens (tertiary/aromatic N) is 2. The number of hydrogen-bond acceptors (Lipinski definition) is 3. The number of rotatable bonds is 2. The van der Waals surface area contributed by atoms with E-state index in [1.165, 1.54) is 12.4 Å². The summed E-state index contributed by atoms with van der Waals surface area (Å²) in [5.41, 5.74) is 5.08. The Bertz CT molecular complexity index is 226. The van der Waals surface area contributed by atoms with E-state index in [1.807, 2.05) is 0 Å². The molecule has 1 aromatic heterocycles. The summed E-state index contributed by atoms with van der Waals surface area (Å²) >= 11 is 3.14. The van der Waals surface area contributed by atoms with Crippen molar-refractivity contribution < 1.29 is 4.39 Å². The van der Waals surface area contributed by atoms with Crippen LogP contribution in [0, 0.1) is 0 Å². The van der Waals surface area contributed by atoms with Crippen LogP contribution < -0.4 is 5.73 Å². The van der Waals surface area contributed by atoms with E-state index in [1.54, 1.807) is 0 Å². The predicted octanol–water partition coefficient (Wildman–Crippen LogP) is 1.21. The lowest BCUT2D eigenvalue weighted by Crippen LogP contribution is -2.10. The first kappa shape index (κ1) is 8.55. The number of nitrogens with two attached hydrogens (primary N) is 1. The standard InChI is InChI=1S/C6H7BrFN3/c7-4-2-10-6(11-3-4)5(8)1-9/h2-3,5H,1,9H2. The summed E-state index contributed by atoms with van der Waals surface area (Å²) in [7, 11) is 0. The van der Waals surface area contributed by atoms with Crippen molar-refractivity contribution in [2.75, 3.05) is 6.54 Å². The molecule has 2 N–H and O–H groups in total. The highest BCUT2D eigenvalue weighted by Gasteiger charge is 2.09. The molecule has 1 rings (SSSR count). The second-order valence-corrected chi connectivity index (χ2v) is 2.88. The van der Waals surface area contributed by atoms with Gasteiger partial charge in [-0.2, -0.15) is 0 Å². The average molecular weight is 220 g/mol. The summed E-state index contributed by atoms with van der Waals surface area (Å²) in [5.74, 6) is 0.135. The minimum Gasteiger partial charge on any atom is -0.327 e. The fraction of sp³-hybridized carbons (Fsp3) is 0.333. The zero-order chi connectivity index (χ0) is 8.27. The molecule has 0 aromatic carbocycles. The molecule has 0 saturated heterocycles. The molecule has 0 fully saturated rings. The molecule has 0 aliphatic heterocycles. The van der Waals surface area contributed by atoms with Crippen LogP contribution in [0.25, 0.3) is 0 Å². The van der Waals surface area contributed by atoms with Crippen LogP contribution in [-0.2, 0) is 0 Å². The topological polar surface area (TPSA) is 51.8 Å². The van der Waals surface area contributed by atoms with Gasteiger partial charge in [-0.15, -0.1) is 0 Å². The van der Waals surface area contributed by atoms with Crippen LogP contribution in [-0.4, -0.2) is 16.5 Å². The molecular formula is C6H7BrFN3. The fourth-order valence-electron chi connectivity index (χ4n) is 0.589. The molecule has 0 spiro atoms. The highest BCUT2D eigenvalue weighted by Crippen LogP contribution is 2.12. The summed E-state index contributed by atoms with van der Waals surface area (Å²) in [4.78, 5) is 7.47. The van der Waals surface area contributed by atoms with Crippen molar-refractivity contribution in [3.05, 3.63) is 22.7 Å². The third kappa shape index (κ3) is 2.20. The molecule has 11 heavy (non-hydrogen) atoms. The SMILES string of the molecule is NCC(F)c1ncc(Br)cn1. The zero-order valence-corrected chi connectivity index (χ0v) is 7.25. The second-order valence-electron chi connectivity index (χ2n) is 1.96. The molecule has 0 radical (unpaired) electrons. The van der Waals surface area contributed by atoms with Crippen LogP contribution in [0.2, 0.25) is 0 Å². The van der Waals surface area contributed by atoms with Gasteiger partial charge in [0.25, 0.3) is 0 Å². The first-order chi connectivity index (χ1) is 5.24. The van der Waals surface area contributed by atoms with E-state index >= 15 is 0 Å². The van der Waals surface area contributed by atoms with Crippen LogP contribution in [0.15, 0.2) is 16.9 Å². The fourth-order valence-corrected chi connectivity index (χ4v) is 0.794. The second kappa shape index (κ2) is 3.73. The Morgan fingerprint density at radius 2 is 2.09 bits per heavy atom. The van der Waals surface area contributed by atoms with E-state index in [9.17, 15) is 4.39 Å². The Kier molecular flexibility index (Phi) is 2.90. The van der Waals surface area contributed by atoms with Crippen LogP contribution in [0.1, 0.15) is 12.0 Å². The highest BCUT2D eigenvalue weighted by molar-refractivity contribution is 9.10. The maximum Gasteiger partial charge on any atom is 0.171 e. The van der Waals surface area contributed by atoms with Crippen molar-refractivity contribution in [1.82, 2.24) is 9.97 Å². The van der Waals surface area contributed by atoms with Crippen molar-refractivity contribution in [3.8, 4) is 0 Å². The lowest BCUT2D eigenvalue weighted by Gasteiger charge is -2.01. The maximum atomic E-state index is 12.7. The van der Waals surface area contributed by atoms with Crippen LogP contribution >= 0.6 is 15.9 Å². The Morgan fingerprint density at radius 3 is 2.55 bits per heavy atom. The monoisotopic (exact) mass is 219 g/mol. The molecule has 3 nitrogen and oxygen atoms in total. The van der Waals surface area contributed by atoms with Gasteiger partial charge in [-0.3, -0.25) is 0 Å². The van der Waals surface area contributed by atoms with E-state index in [0.717, 1.165) is 4.47 Å². The molecule has 0 aliphatic rings. The number of aromatic nitrogens is 2. The number of alkyl halides is 1. The number of halogens is 2. The van der Waals surface area contributed by atoms with Gasteiger partial charge in [-0.1, -0.05) is 0 Å². The van der Waals surface area contributed by atoms with Gasteiger partial charge in [0.1, 0.15) is 0 Å². The van der Waals surface area contributed by atoms with Crippen molar-refractivity contribution in [3.63, 3.8) is 0 Å². The van der Waals surface area contributed by atoms with Gasteiger partial charge in [0.2, 0.25) is 0 Å². The summed E-state index contributed by atoms with van der Waals surface area (Å²) in [6.07, 6.45) is 1.72. The molecule has 0 saturated carbocycles. The Balaban J connectivity index is 2.81. The van der Waals surface area contributed by atoms with Gasteiger partial charge in [0, 0.05) is 18.9 Å². The van der Waals surface area contributed by atoms with Gasteiger partial charge >= 0.3 is 0 Å². The van der Waals surface area contributed by atoms with Crippen molar-refractivity contribution >= 4 is 15.9 Å². The quantitative estimate of drug-likeness (QED) is 0.814. The van der Waals surface area contributed by atoms with Crippen LogP contribution in [0.5, 0.6) is 0 Å². The molecule has 1 aromatic rings. The predicted molar refractivity (Wildman–Crippen MR) is 42.6 cm³/mol. The average Bonchev–Trinajstić information content (AvgIpc) is 2.05. The van der Waals surface area contributed by atoms with Gasteiger partial charge in [0.05, 0.1) is 4.47 Å². The molecule has 0 bridgehead atoms. The van der Waals surface area contributed by atoms with Gasteiger partial charge < -0.3 is 5.73 Å². The third-order valence-corrected chi connectivity index (χ3v) is 1.54. The molecule has 1 heterocycles. The van der Waals surface area contributed by atoms with Gasteiger partial charge in [-0.05, 0) is 15.9 Å². The molecule has 0 aliphatic carbocycles. The summed E-state index contributed by atoms with van der Waals surface area (Å²) in [5, 5.41) is 0. The summed E-state index contributed by atoms with van der Waals surface area (Å²) in [6.45, 7) is -0.0817. The molecule has 1 atom stereocenters. The minimum absolute atomic E-state index is 0.0817. The van der Waals surface area contributed by atoms with E-state index in [4.69, 9.17) is 5.73 Å². The largest absolute Gasteiger partial charge is 0.327 e. The Morgan fingerprint density at radius 1 is 1.55 bits per heavy atom. The van der Waals surface area contributed by atoms with Crippen LogP contribution in [0.4, 0.5) is 4.39 Å². The van der Waals surface area contributed by atoms with E-state index in [0.29, 0.717) is 0 Å². The van der Waals surface area contributed by atoms with Gasteiger partial charge in [-0.25, -0.2) is 14.4 Å². The molecule has 0 amide bonds. The normalized spacial score (nSPS) is 13.0. The van der Waals surface area contributed by atoms with Crippen molar-refractivity contribution in [2.45, 2.75) is 6.17 Å². The van der Waals surface area contributed by atoms with E-state index in [-0.39, 0.29) is 12.4 Å². The Hall–Kier alpha value is -0.550. The van der Waals surface area contributed by atoms with Gasteiger partial charge in [0.15, 0.2) is 12.0 Å².